The lowest BCUT2D eigenvalue weighted by Gasteiger charge is -2.40. The number of nitrogens with one attached hydrogen (secondary N) is 4. The molecule has 4 aliphatic heterocycles. The van der Waals surface area contributed by atoms with E-state index in [1.165, 1.54) is 7.11 Å². The molecule has 4 aliphatic rings. The van der Waals surface area contributed by atoms with Crippen LogP contribution in [0.3, 0.4) is 0 Å². The molecule has 198 valence electrons. The number of methoxy groups -OCH3 is 1. The van der Waals surface area contributed by atoms with Gasteiger partial charge in [-0.25, -0.2) is 15.2 Å². The van der Waals surface area contributed by atoms with Crippen molar-refractivity contribution >= 4 is 34.5 Å². The van der Waals surface area contributed by atoms with Gasteiger partial charge in [-0.1, -0.05) is 0 Å². The second kappa shape index (κ2) is 10.0. The van der Waals surface area contributed by atoms with Crippen LogP contribution >= 0.6 is 0 Å². The summed E-state index contributed by atoms with van der Waals surface area (Å²) in [4.78, 5) is 35.8. The third kappa shape index (κ3) is 5.07. The van der Waals surface area contributed by atoms with E-state index in [4.69, 9.17) is 14.5 Å². The van der Waals surface area contributed by atoms with Crippen molar-refractivity contribution in [1.29, 1.82) is 0 Å². The Bertz CT molecular complexity index is 1180. The number of anilines is 2. The van der Waals surface area contributed by atoms with Gasteiger partial charge in [-0.2, -0.15) is 0 Å². The fraction of sp³-hybridized carbons (Fsp3) is 0.615. The van der Waals surface area contributed by atoms with Gasteiger partial charge in [-0.05, 0) is 51.5 Å². The van der Waals surface area contributed by atoms with Crippen molar-refractivity contribution in [3.8, 4) is 0 Å². The molecule has 4 N–H and O–H groups in total. The van der Waals surface area contributed by atoms with E-state index < -0.39 is 5.97 Å². The summed E-state index contributed by atoms with van der Waals surface area (Å²) in [7, 11) is 1.37. The Morgan fingerprint density at radius 2 is 1.97 bits per heavy atom. The van der Waals surface area contributed by atoms with Crippen LogP contribution < -0.4 is 21.5 Å². The molecule has 4 saturated heterocycles. The minimum absolute atomic E-state index is 0.0256. The van der Waals surface area contributed by atoms with E-state index in [1.807, 2.05) is 12.1 Å². The second-order valence-corrected chi connectivity index (χ2v) is 10.8. The third-order valence-electron chi connectivity index (χ3n) is 8.12. The maximum absolute atomic E-state index is 12.2. The quantitative estimate of drug-likeness (QED) is 0.410. The number of hydrogen-bond donors (Lipinski definition) is 4. The molecular weight excluding hydrogens is 474 g/mol. The number of aromatic nitrogens is 2. The standard InChI is InChI=1S/C26H35N7O4/c1-14-7-23(32-31-14)29-22-11-21-20(8-15(12-27-21)26(35)36-2)25(30-22)28-16-9-17-3-4-18(10-16)33(17)13-19-5-6-24(34)37-19/h8,11-12,14,16-19,23,31-32H,3-7,9-10,13H2,1-2H3,(H2,28,29,30)/t14?,16?,17-,18+,19-,23?/m1/s1. The third-order valence-corrected chi connectivity index (χ3v) is 8.12. The highest BCUT2D eigenvalue weighted by Crippen LogP contribution is 2.38. The van der Waals surface area contributed by atoms with Crippen LogP contribution in [0.25, 0.3) is 10.9 Å². The van der Waals surface area contributed by atoms with Crippen molar-refractivity contribution in [3.05, 3.63) is 23.9 Å². The van der Waals surface area contributed by atoms with Crippen molar-refractivity contribution in [3.63, 3.8) is 0 Å². The number of pyridine rings is 2. The van der Waals surface area contributed by atoms with E-state index in [1.54, 1.807) is 6.20 Å². The van der Waals surface area contributed by atoms with Crippen molar-refractivity contribution in [2.45, 2.75) is 88.3 Å². The first-order valence-electron chi connectivity index (χ1n) is 13.3. The number of carbonyl (C=O) groups is 2. The van der Waals surface area contributed by atoms with Gasteiger partial charge in [-0.15, -0.1) is 0 Å². The van der Waals surface area contributed by atoms with Crippen molar-refractivity contribution < 1.29 is 19.1 Å². The smallest absolute Gasteiger partial charge is 0.339 e. The normalized spacial score (nSPS) is 31.5. The Balaban J connectivity index is 1.23. The Hall–Kier alpha value is -3.02. The van der Waals surface area contributed by atoms with Crippen LogP contribution in [-0.4, -0.2) is 76.9 Å². The van der Waals surface area contributed by atoms with Gasteiger partial charge in [0, 0.05) is 54.8 Å². The Kier molecular flexibility index (Phi) is 6.60. The average Bonchev–Trinajstić information content (AvgIpc) is 3.55. The van der Waals surface area contributed by atoms with Crippen LogP contribution in [0.2, 0.25) is 0 Å². The van der Waals surface area contributed by atoms with Gasteiger partial charge in [0.2, 0.25) is 0 Å². The molecule has 0 aliphatic carbocycles. The summed E-state index contributed by atoms with van der Waals surface area (Å²) < 4.78 is 10.4. The Labute approximate surface area is 216 Å². The molecule has 11 heteroatoms. The molecule has 0 spiro atoms. The summed E-state index contributed by atoms with van der Waals surface area (Å²) in [6.07, 6.45) is 8.23. The first kappa shape index (κ1) is 24.3. The number of fused-ring (bicyclic) bond motifs is 3. The zero-order valence-corrected chi connectivity index (χ0v) is 21.3. The molecule has 2 aromatic heterocycles. The molecular formula is C26H35N7O4. The number of cyclic esters (lactones) is 1. The van der Waals surface area contributed by atoms with Gasteiger partial charge in [0.05, 0.1) is 24.4 Å². The summed E-state index contributed by atoms with van der Waals surface area (Å²) in [6.45, 7) is 2.96. The molecule has 2 aromatic rings. The van der Waals surface area contributed by atoms with E-state index in [0.29, 0.717) is 30.1 Å². The average molecular weight is 510 g/mol. The molecule has 4 fully saturated rings. The molecule has 37 heavy (non-hydrogen) atoms. The zero-order valence-electron chi connectivity index (χ0n) is 21.3. The Morgan fingerprint density at radius 1 is 1.16 bits per heavy atom. The van der Waals surface area contributed by atoms with Gasteiger partial charge < -0.3 is 20.1 Å². The summed E-state index contributed by atoms with van der Waals surface area (Å²) in [5.41, 5.74) is 7.64. The predicted octanol–water partition coefficient (Wildman–Crippen LogP) is 2.15. The van der Waals surface area contributed by atoms with E-state index in [2.05, 4.69) is 38.3 Å². The number of hydrogen-bond acceptors (Lipinski definition) is 11. The van der Waals surface area contributed by atoms with Gasteiger partial charge in [0.1, 0.15) is 17.7 Å². The first-order valence-corrected chi connectivity index (χ1v) is 13.3. The number of rotatable bonds is 7. The van der Waals surface area contributed by atoms with Crippen molar-refractivity contribution in [2.24, 2.45) is 0 Å². The lowest BCUT2D eigenvalue weighted by atomic mass is 9.96. The van der Waals surface area contributed by atoms with Crippen LogP contribution in [0.4, 0.5) is 11.6 Å². The highest BCUT2D eigenvalue weighted by atomic mass is 16.5. The summed E-state index contributed by atoms with van der Waals surface area (Å²) in [5.74, 6) is 0.958. The molecule has 2 bridgehead atoms. The fourth-order valence-corrected chi connectivity index (χ4v) is 6.35. The molecule has 0 radical (unpaired) electrons. The lowest BCUT2D eigenvalue weighted by Crippen LogP contribution is -2.49. The van der Waals surface area contributed by atoms with Gasteiger partial charge in [0.25, 0.3) is 0 Å². The highest BCUT2D eigenvalue weighted by Gasteiger charge is 2.42. The zero-order chi connectivity index (χ0) is 25.5. The maximum Gasteiger partial charge on any atom is 0.339 e. The first-order chi connectivity index (χ1) is 17.9. The number of esters is 2. The van der Waals surface area contributed by atoms with Crippen LogP contribution in [0.1, 0.15) is 62.2 Å². The molecule has 3 unspecified atom stereocenters. The van der Waals surface area contributed by atoms with Crippen LogP contribution in [-0.2, 0) is 14.3 Å². The van der Waals surface area contributed by atoms with Gasteiger partial charge >= 0.3 is 11.9 Å². The second-order valence-electron chi connectivity index (χ2n) is 10.8. The number of piperidine rings is 1. The summed E-state index contributed by atoms with van der Waals surface area (Å²) in [6, 6.07) is 5.26. The largest absolute Gasteiger partial charge is 0.465 e. The minimum atomic E-state index is -0.420. The van der Waals surface area contributed by atoms with Crippen LogP contribution in [0, 0.1) is 0 Å². The maximum atomic E-state index is 12.2. The molecule has 11 nitrogen and oxygen atoms in total. The van der Waals surface area contributed by atoms with E-state index >= 15 is 0 Å². The van der Waals surface area contributed by atoms with Gasteiger partial charge in [-0.3, -0.25) is 20.1 Å². The predicted molar refractivity (Wildman–Crippen MR) is 138 cm³/mol. The van der Waals surface area contributed by atoms with Crippen LogP contribution in [0.5, 0.6) is 0 Å². The minimum Gasteiger partial charge on any atom is -0.465 e. The molecule has 6 atom stereocenters. The molecule has 0 aromatic carbocycles. The number of carbonyl (C=O) groups excluding carboxylic acids is 2. The number of ether oxygens (including phenoxy) is 2. The number of nitrogens with zero attached hydrogens (tertiary/aromatic N) is 3. The van der Waals surface area contributed by atoms with Gasteiger partial charge in [0.15, 0.2) is 0 Å². The molecule has 6 rings (SSSR count). The highest BCUT2D eigenvalue weighted by molar-refractivity contribution is 5.98. The molecule has 6 heterocycles. The van der Waals surface area contributed by atoms with Crippen molar-refractivity contribution in [1.82, 2.24) is 25.7 Å². The number of hydrazine groups is 1. The monoisotopic (exact) mass is 509 g/mol. The van der Waals surface area contributed by atoms with Crippen molar-refractivity contribution in [2.75, 3.05) is 24.3 Å². The summed E-state index contributed by atoms with van der Waals surface area (Å²) in [5, 5.41) is 7.98. The van der Waals surface area contributed by atoms with E-state index in [-0.39, 0.29) is 24.3 Å². The fourth-order valence-electron chi connectivity index (χ4n) is 6.35. The van der Waals surface area contributed by atoms with Crippen LogP contribution in [0.15, 0.2) is 18.3 Å². The molecule has 0 saturated carbocycles. The van der Waals surface area contributed by atoms with E-state index in [0.717, 1.165) is 67.6 Å². The summed E-state index contributed by atoms with van der Waals surface area (Å²) >= 11 is 0. The lowest BCUT2D eigenvalue weighted by molar-refractivity contribution is -0.142. The van der Waals surface area contributed by atoms with E-state index in [9.17, 15) is 9.59 Å². The Morgan fingerprint density at radius 3 is 2.65 bits per heavy atom. The SMILES string of the molecule is COC(=O)c1cnc2cc(NC3CC(C)NN3)nc(NC3C[C@H]4CC[C@@H](C3)N4C[C@H]3CCC(=O)O3)c2c1. The topological polar surface area (TPSA) is 130 Å². The molecule has 0 amide bonds.